The topological polar surface area (TPSA) is 82.3 Å². The summed E-state index contributed by atoms with van der Waals surface area (Å²) in [6, 6.07) is 9.59. The average molecular weight is 352 g/mol. The molecule has 3 heterocycles. The van der Waals surface area contributed by atoms with E-state index < -0.39 is 6.10 Å². The van der Waals surface area contributed by atoms with Crippen LogP contribution in [0.25, 0.3) is 11.4 Å². The van der Waals surface area contributed by atoms with Crippen LogP contribution in [0.2, 0.25) is 0 Å². The molecule has 1 atom stereocenters. The summed E-state index contributed by atoms with van der Waals surface area (Å²) in [7, 11) is 0. The number of aliphatic hydroxyl groups is 1. The Morgan fingerprint density at radius 3 is 2.92 bits per heavy atom. The van der Waals surface area contributed by atoms with Crippen LogP contribution in [-0.2, 0) is 13.0 Å². The van der Waals surface area contributed by atoms with Gasteiger partial charge in [-0.05, 0) is 36.2 Å². The van der Waals surface area contributed by atoms with E-state index in [1.165, 1.54) is 0 Å². The van der Waals surface area contributed by atoms with Gasteiger partial charge in [-0.3, -0.25) is 4.98 Å². The first kappa shape index (κ1) is 16.5. The highest BCUT2D eigenvalue weighted by molar-refractivity contribution is 5.62. The van der Waals surface area contributed by atoms with Crippen LogP contribution in [0.5, 0.6) is 11.5 Å². The Bertz CT molecular complexity index is 895. The molecule has 0 aliphatic carbocycles. The third-order valence-corrected chi connectivity index (χ3v) is 4.29. The van der Waals surface area contributed by atoms with E-state index in [-0.39, 0.29) is 6.79 Å². The molecule has 1 unspecified atom stereocenters. The zero-order valence-corrected chi connectivity index (χ0v) is 14.5. The second-order valence-electron chi connectivity index (χ2n) is 6.20. The van der Waals surface area contributed by atoms with Crippen molar-refractivity contribution in [3.63, 3.8) is 0 Å². The molecule has 0 bridgehead atoms. The van der Waals surface area contributed by atoms with Gasteiger partial charge in [0.15, 0.2) is 23.1 Å². The molecule has 4 rings (SSSR count). The highest BCUT2D eigenvalue weighted by Gasteiger charge is 2.19. The second kappa shape index (κ2) is 7.13. The van der Waals surface area contributed by atoms with Crippen molar-refractivity contribution < 1.29 is 14.6 Å². The zero-order valence-electron chi connectivity index (χ0n) is 14.5. The Morgan fingerprint density at radius 1 is 1.23 bits per heavy atom. The minimum Gasteiger partial charge on any atom is -0.454 e. The Hall–Kier alpha value is -2.93. The number of nitrogens with zero attached hydrogens (tertiary/aromatic N) is 4. The van der Waals surface area contributed by atoms with E-state index in [1.807, 2.05) is 43.5 Å². The molecule has 1 aliphatic heterocycles. The molecule has 0 fully saturated rings. The first-order chi connectivity index (χ1) is 12.7. The van der Waals surface area contributed by atoms with Crippen molar-refractivity contribution in [1.82, 2.24) is 19.7 Å². The maximum atomic E-state index is 10.1. The van der Waals surface area contributed by atoms with Crippen LogP contribution in [0.15, 0.2) is 42.7 Å². The van der Waals surface area contributed by atoms with Gasteiger partial charge in [0.1, 0.15) is 0 Å². The standard InChI is InChI=1S/C19H20N4O3/c1-2-15(24)11-23-19(14-5-6-16-17(9-14)26-12-25-16)21-18(22-23)8-13-4-3-7-20-10-13/h3-7,9-10,15,24H,2,8,11-12H2,1H3. The van der Waals surface area contributed by atoms with Gasteiger partial charge < -0.3 is 14.6 Å². The van der Waals surface area contributed by atoms with E-state index in [9.17, 15) is 5.11 Å². The van der Waals surface area contributed by atoms with Gasteiger partial charge in [0, 0.05) is 24.4 Å². The van der Waals surface area contributed by atoms with Crippen molar-refractivity contribution in [2.75, 3.05) is 6.79 Å². The van der Waals surface area contributed by atoms with Gasteiger partial charge in [-0.1, -0.05) is 13.0 Å². The minimum absolute atomic E-state index is 0.228. The molecule has 7 heteroatoms. The maximum absolute atomic E-state index is 10.1. The predicted molar refractivity (Wildman–Crippen MR) is 94.9 cm³/mol. The second-order valence-corrected chi connectivity index (χ2v) is 6.20. The van der Waals surface area contributed by atoms with Crippen LogP contribution < -0.4 is 9.47 Å². The molecule has 0 radical (unpaired) electrons. The Labute approximate surface area is 151 Å². The first-order valence-electron chi connectivity index (χ1n) is 8.63. The summed E-state index contributed by atoms with van der Waals surface area (Å²) in [4.78, 5) is 8.84. The molecule has 3 aromatic rings. The lowest BCUT2D eigenvalue weighted by Crippen LogP contribution is -2.16. The summed E-state index contributed by atoms with van der Waals surface area (Å²) in [5, 5.41) is 14.7. The zero-order chi connectivity index (χ0) is 17.9. The van der Waals surface area contributed by atoms with Crippen LogP contribution in [0, 0.1) is 0 Å². The predicted octanol–water partition coefficient (Wildman–Crippen LogP) is 2.43. The number of aliphatic hydroxyl groups excluding tert-OH is 1. The van der Waals surface area contributed by atoms with Crippen molar-refractivity contribution in [3.05, 3.63) is 54.1 Å². The molecule has 7 nitrogen and oxygen atoms in total. The summed E-state index contributed by atoms with van der Waals surface area (Å²) >= 11 is 0. The van der Waals surface area contributed by atoms with Crippen LogP contribution in [0.3, 0.4) is 0 Å². The third-order valence-electron chi connectivity index (χ3n) is 4.29. The number of rotatable bonds is 6. The highest BCUT2D eigenvalue weighted by Crippen LogP contribution is 2.35. The lowest BCUT2D eigenvalue weighted by atomic mass is 10.2. The molecule has 134 valence electrons. The van der Waals surface area contributed by atoms with E-state index in [1.54, 1.807) is 10.9 Å². The number of ether oxygens (including phenoxy) is 2. The van der Waals surface area contributed by atoms with Crippen LogP contribution in [0.1, 0.15) is 24.7 Å². The monoisotopic (exact) mass is 352 g/mol. The van der Waals surface area contributed by atoms with E-state index >= 15 is 0 Å². The number of pyridine rings is 1. The third kappa shape index (κ3) is 3.39. The molecule has 0 spiro atoms. The van der Waals surface area contributed by atoms with Crippen LogP contribution in [-0.4, -0.2) is 37.8 Å². The van der Waals surface area contributed by atoms with Gasteiger partial charge in [0.2, 0.25) is 6.79 Å². The number of aromatic nitrogens is 4. The summed E-state index contributed by atoms with van der Waals surface area (Å²) in [6.45, 7) is 2.56. The molecule has 1 aliphatic rings. The molecule has 0 saturated heterocycles. The van der Waals surface area contributed by atoms with Gasteiger partial charge in [-0.25, -0.2) is 9.67 Å². The van der Waals surface area contributed by atoms with Gasteiger partial charge in [0.05, 0.1) is 12.6 Å². The first-order valence-corrected chi connectivity index (χ1v) is 8.63. The van der Waals surface area contributed by atoms with E-state index in [0.717, 1.165) is 16.9 Å². The fraction of sp³-hybridized carbons (Fsp3) is 0.316. The van der Waals surface area contributed by atoms with Gasteiger partial charge in [0.25, 0.3) is 0 Å². The summed E-state index contributed by atoms with van der Waals surface area (Å²) in [6.07, 6.45) is 4.31. The molecule has 1 aromatic carbocycles. The van der Waals surface area contributed by atoms with Crippen LogP contribution >= 0.6 is 0 Å². The molecule has 26 heavy (non-hydrogen) atoms. The van der Waals surface area contributed by atoms with Gasteiger partial charge in [-0.2, -0.15) is 5.10 Å². The van der Waals surface area contributed by atoms with Crippen molar-refractivity contribution in [2.45, 2.75) is 32.4 Å². The van der Waals surface area contributed by atoms with Crippen molar-refractivity contribution in [2.24, 2.45) is 0 Å². The van der Waals surface area contributed by atoms with Crippen molar-refractivity contribution >= 4 is 0 Å². The van der Waals surface area contributed by atoms with E-state index in [4.69, 9.17) is 14.5 Å². The van der Waals surface area contributed by atoms with E-state index in [0.29, 0.717) is 36.8 Å². The number of hydrogen-bond acceptors (Lipinski definition) is 6. The normalized spacial score (nSPS) is 13.8. The summed E-state index contributed by atoms with van der Waals surface area (Å²) < 4.78 is 12.6. The lowest BCUT2D eigenvalue weighted by molar-refractivity contribution is 0.145. The Balaban J connectivity index is 1.69. The van der Waals surface area contributed by atoms with Gasteiger partial charge in [-0.15, -0.1) is 0 Å². The van der Waals surface area contributed by atoms with Crippen molar-refractivity contribution in [1.29, 1.82) is 0 Å². The molecule has 2 aromatic heterocycles. The molecule has 1 N–H and O–H groups in total. The Morgan fingerprint density at radius 2 is 2.12 bits per heavy atom. The Kier molecular flexibility index (Phi) is 4.53. The maximum Gasteiger partial charge on any atom is 0.231 e. The largest absolute Gasteiger partial charge is 0.454 e. The number of fused-ring (bicyclic) bond motifs is 1. The number of hydrogen-bond donors (Lipinski definition) is 1. The quantitative estimate of drug-likeness (QED) is 0.734. The molecular weight excluding hydrogens is 332 g/mol. The summed E-state index contributed by atoms with van der Waals surface area (Å²) in [5.41, 5.74) is 1.92. The fourth-order valence-electron chi connectivity index (χ4n) is 2.85. The average Bonchev–Trinajstić information content (AvgIpc) is 3.28. The molecular formula is C19H20N4O3. The van der Waals surface area contributed by atoms with E-state index in [2.05, 4.69) is 10.1 Å². The fourth-order valence-corrected chi connectivity index (χ4v) is 2.85. The lowest BCUT2D eigenvalue weighted by Gasteiger charge is -2.10. The highest BCUT2D eigenvalue weighted by atomic mass is 16.7. The van der Waals surface area contributed by atoms with Gasteiger partial charge >= 0.3 is 0 Å². The summed E-state index contributed by atoms with van der Waals surface area (Å²) in [5.74, 6) is 2.81. The smallest absolute Gasteiger partial charge is 0.231 e. The van der Waals surface area contributed by atoms with Crippen molar-refractivity contribution in [3.8, 4) is 22.9 Å². The molecule has 0 amide bonds. The minimum atomic E-state index is -0.476. The molecule has 0 saturated carbocycles. The SMILES string of the molecule is CCC(O)Cn1nc(Cc2cccnc2)nc1-c1ccc2c(c1)OCO2. The van der Waals surface area contributed by atoms with Crippen LogP contribution in [0.4, 0.5) is 0 Å². The number of benzene rings is 1.